The van der Waals surface area contributed by atoms with E-state index in [1.54, 1.807) is 0 Å². The number of rotatable bonds is 14. The fourth-order valence-corrected chi connectivity index (χ4v) is 2.83. The summed E-state index contributed by atoms with van der Waals surface area (Å²) in [5.41, 5.74) is 0. The van der Waals surface area contributed by atoms with Gasteiger partial charge in [-0.3, -0.25) is 0 Å². The molecule has 0 aliphatic heterocycles. The first-order valence-corrected chi connectivity index (χ1v) is 9.65. The zero-order valence-electron chi connectivity index (χ0n) is 13.8. The molecule has 1 unspecified atom stereocenters. The molecule has 0 bridgehead atoms. The first-order chi connectivity index (χ1) is 9.45. The molecule has 0 fully saturated rings. The van der Waals surface area contributed by atoms with Crippen LogP contribution in [0.4, 0.5) is 0 Å². The zero-order chi connectivity index (χ0) is 15.3. The molecule has 21 heavy (non-hydrogen) atoms. The van der Waals surface area contributed by atoms with Gasteiger partial charge in [0.05, 0.1) is 16.2 Å². The number of aliphatic hydroxyl groups excluding tert-OH is 1. The van der Waals surface area contributed by atoms with Gasteiger partial charge in [-0.25, -0.2) is 8.42 Å². The predicted molar refractivity (Wildman–Crippen MR) is 81.6 cm³/mol. The average molecular weight is 347 g/mol. The monoisotopic (exact) mass is 346 g/mol. The summed E-state index contributed by atoms with van der Waals surface area (Å²) in [5, 5.41) is 9.39. The number of hydrogen-bond donors (Lipinski definition) is 1. The molecular formula is C15H31KO4S. The minimum Gasteiger partial charge on any atom is -0.748 e. The van der Waals surface area contributed by atoms with Gasteiger partial charge in [0.2, 0.25) is 0 Å². The molecule has 6 heteroatoms. The summed E-state index contributed by atoms with van der Waals surface area (Å²) in [6.45, 7) is 2.01. The van der Waals surface area contributed by atoms with Crippen LogP contribution in [0.15, 0.2) is 0 Å². The largest absolute Gasteiger partial charge is 1.00 e. The maximum atomic E-state index is 10.4. The van der Waals surface area contributed by atoms with Gasteiger partial charge in [0, 0.05) is 5.75 Å². The SMILES string of the molecule is CCC(O)CCCCCCCCCCCCS(=O)(=O)[O-].[K+]. The van der Waals surface area contributed by atoms with Crippen LogP contribution < -0.4 is 51.4 Å². The van der Waals surface area contributed by atoms with Gasteiger partial charge in [0.15, 0.2) is 0 Å². The quantitative estimate of drug-likeness (QED) is 0.284. The topological polar surface area (TPSA) is 77.4 Å². The molecule has 4 nitrogen and oxygen atoms in total. The molecule has 0 rings (SSSR count). The second kappa shape index (κ2) is 16.4. The van der Waals surface area contributed by atoms with Crippen molar-refractivity contribution in [3.63, 3.8) is 0 Å². The van der Waals surface area contributed by atoms with E-state index >= 15 is 0 Å². The van der Waals surface area contributed by atoms with Crippen LogP contribution in [0.1, 0.15) is 84.0 Å². The van der Waals surface area contributed by atoms with Crippen LogP contribution in [0.25, 0.3) is 0 Å². The van der Waals surface area contributed by atoms with Crippen molar-refractivity contribution in [2.45, 2.75) is 90.1 Å². The summed E-state index contributed by atoms with van der Waals surface area (Å²) in [6.07, 6.45) is 12.4. The van der Waals surface area contributed by atoms with E-state index in [0.29, 0.717) is 6.42 Å². The molecule has 0 saturated carbocycles. The van der Waals surface area contributed by atoms with E-state index in [-0.39, 0.29) is 63.2 Å². The summed E-state index contributed by atoms with van der Waals surface area (Å²) < 4.78 is 31.1. The molecule has 0 spiro atoms. The van der Waals surface area contributed by atoms with Crippen molar-refractivity contribution < 1.29 is 69.5 Å². The van der Waals surface area contributed by atoms with E-state index in [4.69, 9.17) is 0 Å². The molecule has 0 saturated heterocycles. The third kappa shape index (κ3) is 21.5. The Hall–Kier alpha value is 1.51. The normalized spacial score (nSPS) is 12.9. The number of aliphatic hydroxyl groups is 1. The van der Waals surface area contributed by atoms with Crippen LogP contribution in [0.2, 0.25) is 0 Å². The molecule has 0 aromatic rings. The summed E-state index contributed by atoms with van der Waals surface area (Å²) >= 11 is 0. The molecule has 0 heterocycles. The first-order valence-electron chi connectivity index (χ1n) is 8.07. The average Bonchev–Trinajstić information content (AvgIpc) is 2.38. The molecule has 0 radical (unpaired) electrons. The van der Waals surface area contributed by atoms with E-state index in [9.17, 15) is 18.1 Å². The predicted octanol–water partition coefficient (Wildman–Crippen LogP) is 0.598. The smallest absolute Gasteiger partial charge is 0.748 e. The van der Waals surface area contributed by atoms with Crippen molar-refractivity contribution in [3.05, 3.63) is 0 Å². The summed E-state index contributed by atoms with van der Waals surface area (Å²) in [7, 11) is -4.01. The van der Waals surface area contributed by atoms with Gasteiger partial charge >= 0.3 is 51.4 Å². The molecule has 0 aromatic heterocycles. The number of hydrogen-bond acceptors (Lipinski definition) is 4. The van der Waals surface area contributed by atoms with E-state index in [1.165, 1.54) is 32.1 Å². The molecule has 1 atom stereocenters. The van der Waals surface area contributed by atoms with Crippen LogP contribution >= 0.6 is 0 Å². The molecule has 0 aliphatic carbocycles. The van der Waals surface area contributed by atoms with Gasteiger partial charge in [-0.2, -0.15) is 0 Å². The second-order valence-corrected chi connectivity index (χ2v) is 7.17. The molecule has 0 aromatic carbocycles. The minimum atomic E-state index is -4.01. The maximum Gasteiger partial charge on any atom is 1.00 e. The second-order valence-electron chi connectivity index (χ2n) is 5.65. The summed E-state index contributed by atoms with van der Waals surface area (Å²) in [4.78, 5) is 0. The van der Waals surface area contributed by atoms with E-state index in [1.807, 2.05) is 6.92 Å². The standard InChI is InChI=1S/C15H32O4S.K/c1-2-15(16)13-11-9-7-5-3-4-6-8-10-12-14-20(17,18)19;/h15-16H,2-14H2,1H3,(H,17,18,19);/q;+1/p-1. The number of unbranched alkanes of at least 4 members (excludes halogenated alkanes) is 9. The fourth-order valence-electron chi connectivity index (χ4n) is 2.28. The van der Waals surface area contributed by atoms with Crippen molar-refractivity contribution >= 4 is 10.1 Å². The Labute approximate surface area is 173 Å². The van der Waals surface area contributed by atoms with Crippen LogP contribution in [0, 0.1) is 0 Å². The van der Waals surface area contributed by atoms with Gasteiger partial charge in [0.25, 0.3) is 0 Å². The Kier molecular flexibility index (Phi) is 19.3. The van der Waals surface area contributed by atoms with Crippen LogP contribution in [-0.2, 0) is 10.1 Å². The van der Waals surface area contributed by atoms with Gasteiger partial charge in [-0.1, -0.05) is 64.7 Å². The molecule has 122 valence electrons. The zero-order valence-corrected chi connectivity index (χ0v) is 17.8. The first kappa shape index (κ1) is 24.8. The van der Waals surface area contributed by atoms with Crippen molar-refractivity contribution in [2.24, 2.45) is 0 Å². The van der Waals surface area contributed by atoms with Crippen molar-refractivity contribution in [3.8, 4) is 0 Å². The van der Waals surface area contributed by atoms with Crippen molar-refractivity contribution in [1.29, 1.82) is 0 Å². The Morgan fingerprint density at radius 2 is 1.24 bits per heavy atom. The summed E-state index contributed by atoms with van der Waals surface area (Å²) in [5.74, 6) is -0.212. The Bertz CT molecular complexity index is 307. The Morgan fingerprint density at radius 3 is 1.62 bits per heavy atom. The van der Waals surface area contributed by atoms with Crippen molar-refractivity contribution in [1.82, 2.24) is 0 Å². The Morgan fingerprint density at radius 1 is 0.857 bits per heavy atom. The fraction of sp³-hybridized carbons (Fsp3) is 1.00. The minimum absolute atomic E-state index is 0. The maximum absolute atomic E-state index is 10.4. The third-order valence-corrected chi connectivity index (χ3v) is 4.44. The molecular weight excluding hydrogens is 315 g/mol. The Balaban J connectivity index is 0. The molecule has 1 N–H and O–H groups in total. The van der Waals surface area contributed by atoms with Gasteiger partial charge in [0.1, 0.15) is 0 Å². The van der Waals surface area contributed by atoms with Crippen LogP contribution in [0.3, 0.4) is 0 Å². The van der Waals surface area contributed by atoms with Gasteiger partial charge in [-0.05, 0) is 19.3 Å². The van der Waals surface area contributed by atoms with Gasteiger partial charge in [-0.15, -0.1) is 0 Å². The molecule has 0 amide bonds. The van der Waals surface area contributed by atoms with Crippen LogP contribution in [0.5, 0.6) is 0 Å². The third-order valence-electron chi connectivity index (χ3n) is 3.65. The van der Waals surface area contributed by atoms with E-state index in [2.05, 4.69) is 0 Å². The summed E-state index contributed by atoms with van der Waals surface area (Å²) in [6, 6.07) is 0. The van der Waals surface area contributed by atoms with Crippen LogP contribution in [-0.4, -0.2) is 29.9 Å². The van der Waals surface area contributed by atoms with Crippen molar-refractivity contribution in [2.75, 3.05) is 5.75 Å². The molecule has 0 aliphatic rings. The van der Waals surface area contributed by atoms with E-state index < -0.39 is 10.1 Å². The van der Waals surface area contributed by atoms with Gasteiger partial charge < -0.3 is 9.66 Å². The van der Waals surface area contributed by atoms with E-state index in [0.717, 1.165) is 38.5 Å².